The zero-order valence-electron chi connectivity index (χ0n) is 11.8. The maximum atomic E-state index is 11.8. The number of nitrogens with zero attached hydrogens (tertiary/aromatic N) is 1. The molecule has 0 saturated carbocycles. The Balaban J connectivity index is 4.41. The number of hydrogen-bond acceptors (Lipinski definition) is 5. The highest BCUT2D eigenvalue weighted by atomic mass is 16.5. The molecule has 6 nitrogen and oxygen atoms in total. The van der Waals surface area contributed by atoms with Crippen molar-refractivity contribution < 1.29 is 19.1 Å². The number of terminal acetylenes is 1. The maximum Gasteiger partial charge on any atom is 0.306 e. The summed E-state index contributed by atoms with van der Waals surface area (Å²) >= 11 is 0. The zero-order valence-corrected chi connectivity index (χ0v) is 11.8. The van der Waals surface area contributed by atoms with Gasteiger partial charge in [0.2, 0.25) is 5.91 Å². The van der Waals surface area contributed by atoms with Crippen molar-refractivity contribution in [2.75, 3.05) is 40.5 Å². The van der Waals surface area contributed by atoms with E-state index >= 15 is 0 Å². The Morgan fingerprint density at radius 1 is 1.37 bits per heavy atom. The van der Waals surface area contributed by atoms with Crippen LogP contribution in [0.15, 0.2) is 0 Å². The SMILES string of the molecule is C#CCNC(=O)C(C)N(CCOC)CCC(=O)OC. The first-order valence-electron chi connectivity index (χ1n) is 6.07. The summed E-state index contributed by atoms with van der Waals surface area (Å²) in [5.74, 6) is 1.87. The molecule has 1 N–H and O–H groups in total. The molecule has 19 heavy (non-hydrogen) atoms. The summed E-state index contributed by atoms with van der Waals surface area (Å²) in [7, 11) is 2.92. The number of nitrogens with one attached hydrogen (secondary N) is 1. The van der Waals surface area contributed by atoms with Gasteiger partial charge < -0.3 is 14.8 Å². The zero-order chi connectivity index (χ0) is 14.7. The fourth-order valence-corrected chi connectivity index (χ4v) is 1.50. The highest BCUT2D eigenvalue weighted by Gasteiger charge is 2.21. The molecule has 0 fully saturated rings. The Labute approximate surface area is 114 Å². The smallest absolute Gasteiger partial charge is 0.306 e. The van der Waals surface area contributed by atoms with Gasteiger partial charge in [-0.15, -0.1) is 6.42 Å². The van der Waals surface area contributed by atoms with Crippen LogP contribution in [0.25, 0.3) is 0 Å². The van der Waals surface area contributed by atoms with Crippen LogP contribution in [0.5, 0.6) is 0 Å². The minimum Gasteiger partial charge on any atom is -0.469 e. The van der Waals surface area contributed by atoms with Crippen molar-refractivity contribution in [2.24, 2.45) is 0 Å². The van der Waals surface area contributed by atoms with E-state index in [0.29, 0.717) is 19.7 Å². The summed E-state index contributed by atoms with van der Waals surface area (Å²) in [5, 5.41) is 2.62. The van der Waals surface area contributed by atoms with E-state index in [4.69, 9.17) is 11.2 Å². The number of hydrogen-bond donors (Lipinski definition) is 1. The lowest BCUT2D eigenvalue weighted by molar-refractivity contribution is -0.141. The quantitative estimate of drug-likeness (QED) is 0.457. The molecular formula is C13H22N2O4. The van der Waals surface area contributed by atoms with E-state index in [1.54, 1.807) is 14.0 Å². The van der Waals surface area contributed by atoms with Gasteiger partial charge in [0.05, 0.1) is 32.7 Å². The molecular weight excluding hydrogens is 248 g/mol. The molecule has 0 aromatic rings. The van der Waals surface area contributed by atoms with E-state index in [-0.39, 0.29) is 30.9 Å². The van der Waals surface area contributed by atoms with E-state index in [1.165, 1.54) is 7.11 Å². The average Bonchev–Trinajstić information content (AvgIpc) is 2.43. The third-order valence-corrected chi connectivity index (χ3v) is 2.71. The molecule has 0 bridgehead atoms. The molecule has 0 saturated heterocycles. The Morgan fingerprint density at radius 3 is 2.58 bits per heavy atom. The Morgan fingerprint density at radius 2 is 2.05 bits per heavy atom. The van der Waals surface area contributed by atoms with E-state index in [9.17, 15) is 9.59 Å². The minimum atomic E-state index is -0.381. The number of esters is 1. The summed E-state index contributed by atoms with van der Waals surface area (Å²) < 4.78 is 9.58. The standard InChI is InChI=1S/C13H22N2O4/c1-5-7-14-13(17)11(2)15(9-10-18-3)8-6-12(16)19-4/h1,11H,6-10H2,2-4H3,(H,14,17). The Kier molecular flexibility index (Phi) is 9.49. The van der Waals surface area contributed by atoms with Crippen LogP contribution in [0, 0.1) is 12.3 Å². The van der Waals surface area contributed by atoms with Crippen molar-refractivity contribution in [2.45, 2.75) is 19.4 Å². The monoisotopic (exact) mass is 270 g/mol. The van der Waals surface area contributed by atoms with Gasteiger partial charge in [-0.2, -0.15) is 0 Å². The van der Waals surface area contributed by atoms with Crippen molar-refractivity contribution in [3.8, 4) is 12.3 Å². The van der Waals surface area contributed by atoms with Crippen LogP contribution in [0.4, 0.5) is 0 Å². The van der Waals surface area contributed by atoms with Crippen LogP contribution in [-0.2, 0) is 19.1 Å². The molecule has 1 unspecified atom stereocenters. The van der Waals surface area contributed by atoms with Gasteiger partial charge in [0.25, 0.3) is 0 Å². The second kappa shape index (κ2) is 10.4. The van der Waals surface area contributed by atoms with Gasteiger partial charge >= 0.3 is 5.97 Å². The van der Waals surface area contributed by atoms with Crippen molar-refractivity contribution in [3.05, 3.63) is 0 Å². The van der Waals surface area contributed by atoms with Gasteiger partial charge in [0.15, 0.2) is 0 Å². The number of methoxy groups -OCH3 is 2. The fraction of sp³-hybridized carbons (Fsp3) is 0.692. The molecule has 6 heteroatoms. The molecule has 0 aromatic heterocycles. The van der Waals surface area contributed by atoms with Gasteiger partial charge in [-0.3, -0.25) is 14.5 Å². The maximum absolute atomic E-state index is 11.8. The van der Waals surface area contributed by atoms with Crippen LogP contribution in [-0.4, -0.2) is 63.3 Å². The molecule has 1 amide bonds. The van der Waals surface area contributed by atoms with Gasteiger partial charge in [-0.25, -0.2) is 0 Å². The minimum absolute atomic E-state index is 0.168. The van der Waals surface area contributed by atoms with Crippen molar-refractivity contribution >= 4 is 11.9 Å². The molecule has 0 aliphatic heterocycles. The Hall–Kier alpha value is -1.58. The number of ether oxygens (including phenoxy) is 2. The third kappa shape index (κ3) is 7.44. The molecule has 0 spiro atoms. The lowest BCUT2D eigenvalue weighted by Crippen LogP contribution is -2.47. The fourth-order valence-electron chi connectivity index (χ4n) is 1.50. The van der Waals surface area contributed by atoms with Gasteiger partial charge in [0.1, 0.15) is 0 Å². The summed E-state index contributed by atoms with van der Waals surface area (Å²) in [6.07, 6.45) is 5.32. The number of carbonyl (C=O) groups excluding carboxylic acids is 2. The highest BCUT2D eigenvalue weighted by Crippen LogP contribution is 2.02. The molecule has 108 valence electrons. The lowest BCUT2D eigenvalue weighted by Gasteiger charge is -2.27. The van der Waals surface area contributed by atoms with Crippen LogP contribution in [0.2, 0.25) is 0 Å². The molecule has 0 aromatic carbocycles. The number of carbonyl (C=O) groups is 2. The van der Waals surface area contributed by atoms with Crippen molar-refractivity contribution in [1.82, 2.24) is 10.2 Å². The van der Waals surface area contributed by atoms with Crippen LogP contribution in [0.1, 0.15) is 13.3 Å². The molecule has 0 radical (unpaired) electrons. The molecule has 0 aliphatic rings. The van der Waals surface area contributed by atoms with Crippen molar-refractivity contribution in [1.29, 1.82) is 0 Å². The van der Waals surface area contributed by atoms with E-state index in [2.05, 4.69) is 16.0 Å². The van der Waals surface area contributed by atoms with Crippen LogP contribution >= 0.6 is 0 Å². The van der Waals surface area contributed by atoms with E-state index in [1.807, 2.05) is 4.90 Å². The first-order valence-corrected chi connectivity index (χ1v) is 6.07. The first kappa shape index (κ1) is 17.4. The number of amides is 1. The molecule has 0 heterocycles. The molecule has 0 rings (SSSR count). The van der Waals surface area contributed by atoms with Crippen LogP contribution < -0.4 is 5.32 Å². The average molecular weight is 270 g/mol. The van der Waals surface area contributed by atoms with Crippen molar-refractivity contribution in [3.63, 3.8) is 0 Å². The predicted molar refractivity (Wildman–Crippen MR) is 71.4 cm³/mol. The highest BCUT2D eigenvalue weighted by molar-refractivity contribution is 5.81. The lowest BCUT2D eigenvalue weighted by atomic mass is 10.2. The Bertz CT molecular complexity index is 325. The summed E-state index contributed by atoms with van der Waals surface area (Å²) in [4.78, 5) is 24.8. The summed E-state index contributed by atoms with van der Waals surface area (Å²) in [5.41, 5.74) is 0. The summed E-state index contributed by atoms with van der Waals surface area (Å²) in [6.45, 7) is 3.42. The third-order valence-electron chi connectivity index (χ3n) is 2.71. The number of rotatable bonds is 9. The predicted octanol–water partition coefficient (Wildman–Crippen LogP) is -0.364. The second-order valence-corrected chi connectivity index (χ2v) is 3.95. The molecule has 1 atom stereocenters. The summed E-state index contributed by atoms with van der Waals surface area (Å²) in [6, 6.07) is -0.381. The van der Waals surface area contributed by atoms with E-state index in [0.717, 1.165) is 0 Å². The largest absolute Gasteiger partial charge is 0.469 e. The van der Waals surface area contributed by atoms with Gasteiger partial charge in [-0.1, -0.05) is 5.92 Å². The normalized spacial score (nSPS) is 11.7. The second-order valence-electron chi connectivity index (χ2n) is 3.95. The van der Waals surface area contributed by atoms with Gasteiger partial charge in [0, 0.05) is 20.2 Å². The molecule has 0 aliphatic carbocycles. The van der Waals surface area contributed by atoms with E-state index < -0.39 is 0 Å². The van der Waals surface area contributed by atoms with Crippen LogP contribution in [0.3, 0.4) is 0 Å². The van der Waals surface area contributed by atoms with Gasteiger partial charge in [-0.05, 0) is 6.92 Å². The topological polar surface area (TPSA) is 67.9 Å². The first-order chi connectivity index (χ1) is 9.06.